The Balaban J connectivity index is 1.79. The third kappa shape index (κ3) is 5.61. The van der Waals surface area contributed by atoms with Crippen LogP contribution in [0.2, 0.25) is 0 Å². The smallest absolute Gasteiger partial charge is 0.404 e. The number of hydrogen-bond acceptors (Lipinski definition) is 3. The number of hydrogen-bond donors (Lipinski definition) is 2. The summed E-state index contributed by atoms with van der Waals surface area (Å²) in [5.74, 6) is 1.06. The highest BCUT2D eigenvalue weighted by Crippen LogP contribution is 2.27. The SMILES string of the molecule is C=CCOC[C@@H]1CCCN(C[C@H]2CCCC[C@@H]2NC(=O)O)C1. The van der Waals surface area contributed by atoms with Crippen molar-refractivity contribution in [1.29, 1.82) is 0 Å². The number of carboxylic acid groups (broad SMARTS) is 1. The van der Waals surface area contributed by atoms with Crippen molar-refractivity contribution in [2.75, 3.05) is 32.8 Å². The standard InChI is InChI=1S/C17H30N2O3/c1-2-10-22-13-14-6-5-9-19(11-14)12-15-7-3-4-8-16(15)18-17(20)21/h2,14-16,18H,1,3-13H2,(H,20,21)/t14-,15-,16+/m1/s1. The van der Waals surface area contributed by atoms with Crippen LogP contribution in [0.4, 0.5) is 4.79 Å². The van der Waals surface area contributed by atoms with Crippen LogP contribution in [0.1, 0.15) is 38.5 Å². The number of ether oxygens (including phenoxy) is 1. The molecule has 1 aliphatic carbocycles. The highest BCUT2D eigenvalue weighted by molar-refractivity contribution is 5.64. The van der Waals surface area contributed by atoms with E-state index >= 15 is 0 Å². The van der Waals surface area contributed by atoms with Gasteiger partial charge in [-0.3, -0.25) is 0 Å². The van der Waals surface area contributed by atoms with Gasteiger partial charge >= 0.3 is 6.09 Å². The molecular formula is C17H30N2O3. The van der Waals surface area contributed by atoms with Gasteiger partial charge in [0.05, 0.1) is 13.2 Å². The molecule has 2 aliphatic rings. The monoisotopic (exact) mass is 310 g/mol. The molecule has 5 nitrogen and oxygen atoms in total. The van der Waals surface area contributed by atoms with Crippen LogP contribution in [0.3, 0.4) is 0 Å². The molecule has 0 aromatic rings. The second-order valence-electron chi connectivity index (χ2n) is 6.69. The summed E-state index contributed by atoms with van der Waals surface area (Å²) in [5, 5.41) is 11.7. The Morgan fingerprint density at radius 2 is 2.14 bits per heavy atom. The van der Waals surface area contributed by atoms with Crippen molar-refractivity contribution in [3.63, 3.8) is 0 Å². The predicted molar refractivity (Wildman–Crippen MR) is 87.1 cm³/mol. The Kier molecular flexibility index (Phi) is 7.19. The van der Waals surface area contributed by atoms with Crippen LogP contribution in [0, 0.1) is 11.8 Å². The van der Waals surface area contributed by atoms with Crippen LogP contribution in [0.5, 0.6) is 0 Å². The lowest BCUT2D eigenvalue weighted by molar-refractivity contribution is 0.0612. The van der Waals surface area contributed by atoms with Crippen LogP contribution in [-0.2, 0) is 4.74 Å². The summed E-state index contributed by atoms with van der Waals surface area (Å²) < 4.78 is 5.60. The van der Waals surface area contributed by atoms with Crippen molar-refractivity contribution in [1.82, 2.24) is 10.2 Å². The Morgan fingerprint density at radius 1 is 1.32 bits per heavy atom. The number of rotatable bonds is 7. The Hall–Kier alpha value is -1.07. The number of carbonyl (C=O) groups is 1. The van der Waals surface area contributed by atoms with Gasteiger partial charge in [-0.2, -0.15) is 0 Å². The van der Waals surface area contributed by atoms with Gasteiger partial charge in [0, 0.05) is 19.1 Å². The molecule has 0 aromatic heterocycles. The van der Waals surface area contributed by atoms with E-state index in [-0.39, 0.29) is 6.04 Å². The summed E-state index contributed by atoms with van der Waals surface area (Å²) in [6, 6.07) is 0.128. The van der Waals surface area contributed by atoms with Crippen LogP contribution in [-0.4, -0.2) is 55.0 Å². The van der Waals surface area contributed by atoms with Crippen LogP contribution in [0.25, 0.3) is 0 Å². The maximum absolute atomic E-state index is 11.0. The maximum Gasteiger partial charge on any atom is 0.404 e. The van der Waals surface area contributed by atoms with E-state index in [0.29, 0.717) is 18.4 Å². The summed E-state index contributed by atoms with van der Waals surface area (Å²) >= 11 is 0. The second kappa shape index (κ2) is 9.16. The van der Waals surface area contributed by atoms with Crippen molar-refractivity contribution >= 4 is 6.09 Å². The number of likely N-dealkylation sites (tertiary alicyclic amines) is 1. The number of nitrogens with zero attached hydrogens (tertiary/aromatic N) is 1. The molecule has 0 bridgehead atoms. The summed E-state index contributed by atoms with van der Waals surface area (Å²) in [4.78, 5) is 13.5. The molecule has 1 heterocycles. The van der Waals surface area contributed by atoms with E-state index in [9.17, 15) is 4.79 Å². The molecular weight excluding hydrogens is 280 g/mol. The molecule has 0 aromatic carbocycles. The van der Waals surface area contributed by atoms with Gasteiger partial charge in [-0.1, -0.05) is 18.9 Å². The fourth-order valence-corrected chi connectivity index (χ4v) is 3.88. The largest absolute Gasteiger partial charge is 0.465 e. The highest BCUT2D eigenvalue weighted by atomic mass is 16.5. The van der Waals surface area contributed by atoms with Gasteiger partial charge in [-0.05, 0) is 44.1 Å². The van der Waals surface area contributed by atoms with Crippen molar-refractivity contribution in [3.05, 3.63) is 12.7 Å². The highest BCUT2D eigenvalue weighted by Gasteiger charge is 2.29. The van der Waals surface area contributed by atoms with Crippen molar-refractivity contribution in [3.8, 4) is 0 Å². The molecule has 2 N–H and O–H groups in total. The number of amides is 1. The minimum atomic E-state index is -0.883. The lowest BCUT2D eigenvalue weighted by Crippen LogP contribution is -2.48. The van der Waals surface area contributed by atoms with Crippen LogP contribution in [0.15, 0.2) is 12.7 Å². The third-order valence-electron chi connectivity index (χ3n) is 4.90. The minimum absolute atomic E-state index is 0.128. The molecule has 2 fully saturated rings. The van der Waals surface area contributed by atoms with Crippen LogP contribution < -0.4 is 5.32 Å². The van der Waals surface area contributed by atoms with Crippen molar-refractivity contribution in [2.24, 2.45) is 11.8 Å². The average Bonchev–Trinajstić information content (AvgIpc) is 2.49. The van der Waals surface area contributed by atoms with Gasteiger partial charge in [0.25, 0.3) is 0 Å². The molecule has 0 radical (unpaired) electrons. The Morgan fingerprint density at radius 3 is 2.91 bits per heavy atom. The summed E-state index contributed by atoms with van der Waals surface area (Å²) in [6.07, 6.45) is 7.84. The van der Waals surface area contributed by atoms with E-state index < -0.39 is 6.09 Å². The summed E-state index contributed by atoms with van der Waals surface area (Å²) in [6.45, 7) is 8.34. The first-order valence-corrected chi connectivity index (χ1v) is 8.59. The lowest BCUT2D eigenvalue weighted by Gasteiger charge is -2.39. The molecule has 22 heavy (non-hydrogen) atoms. The zero-order valence-electron chi connectivity index (χ0n) is 13.5. The normalized spacial score (nSPS) is 29.9. The van der Waals surface area contributed by atoms with Gasteiger partial charge in [-0.15, -0.1) is 6.58 Å². The lowest BCUT2D eigenvalue weighted by atomic mass is 9.83. The van der Waals surface area contributed by atoms with E-state index in [1.165, 1.54) is 19.3 Å². The molecule has 1 saturated heterocycles. The molecule has 1 amide bonds. The molecule has 0 spiro atoms. The van der Waals surface area contributed by atoms with Crippen molar-refractivity contribution in [2.45, 2.75) is 44.6 Å². The Labute approximate surface area is 133 Å². The van der Waals surface area contributed by atoms with Gasteiger partial charge in [0.2, 0.25) is 0 Å². The van der Waals surface area contributed by atoms with Gasteiger partial charge in [-0.25, -0.2) is 4.79 Å². The first kappa shape index (κ1) is 17.3. The quantitative estimate of drug-likeness (QED) is 0.561. The molecule has 1 saturated carbocycles. The van der Waals surface area contributed by atoms with Gasteiger partial charge < -0.3 is 20.1 Å². The van der Waals surface area contributed by atoms with E-state index in [2.05, 4.69) is 16.8 Å². The second-order valence-corrected chi connectivity index (χ2v) is 6.69. The molecule has 3 atom stereocenters. The van der Waals surface area contributed by atoms with Crippen molar-refractivity contribution < 1.29 is 14.6 Å². The predicted octanol–water partition coefficient (Wildman–Crippen LogP) is 2.73. The minimum Gasteiger partial charge on any atom is -0.465 e. The first-order valence-electron chi connectivity index (χ1n) is 8.59. The molecule has 5 heteroatoms. The fraction of sp³-hybridized carbons (Fsp3) is 0.824. The topological polar surface area (TPSA) is 61.8 Å². The molecule has 126 valence electrons. The molecule has 0 unspecified atom stereocenters. The number of piperidine rings is 1. The van der Waals surface area contributed by atoms with Gasteiger partial charge in [0.1, 0.15) is 0 Å². The third-order valence-corrected chi connectivity index (χ3v) is 4.90. The van der Waals surface area contributed by atoms with E-state index in [4.69, 9.17) is 9.84 Å². The van der Waals surface area contributed by atoms with Crippen LogP contribution >= 0.6 is 0 Å². The Bertz CT molecular complexity index is 362. The van der Waals surface area contributed by atoms with E-state index in [1.807, 2.05) is 0 Å². The number of nitrogens with one attached hydrogen (secondary N) is 1. The van der Waals surface area contributed by atoms with E-state index in [1.54, 1.807) is 6.08 Å². The molecule has 2 rings (SSSR count). The van der Waals surface area contributed by atoms with Gasteiger partial charge in [0.15, 0.2) is 0 Å². The average molecular weight is 310 g/mol. The summed E-state index contributed by atoms with van der Waals surface area (Å²) in [5.41, 5.74) is 0. The zero-order valence-corrected chi connectivity index (χ0v) is 13.5. The van der Waals surface area contributed by atoms with E-state index in [0.717, 1.165) is 45.5 Å². The fourth-order valence-electron chi connectivity index (χ4n) is 3.88. The summed E-state index contributed by atoms with van der Waals surface area (Å²) in [7, 11) is 0. The first-order chi connectivity index (χ1) is 10.7. The molecule has 1 aliphatic heterocycles. The zero-order chi connectivity index (χ0) is 15.8. The maximum atomic E-state index is 11.0.